The minimum atomic E-state index is -1.01. The Morgan fingerprint density at radius 1 is 1.22 bits per heavy atom. The average molecular weight is 363 g/mol. The molecule has 2 N–H and O–H groups in total. The van der Waals surface area contributed by atoms with Gasteiger partial charge in [0, 0.05) is 6.20 Å². The number of fused-ring (bicyclic) bond motifs is 2. The minimum absolute atomic E-state index is 0.139. The smallest absolute Gasteiger partial charge is 0.326 e. The fourth-order valence-corrected chi connectivity index (χ4v) is 3.95. The molecule has 0 fully saturated rings. The molecule has 3 aromatic rings. The van der Waals surface area contributed by atoms with Crippen LogP contribution in [0, 0.1) is 0 Å². The maximum absolute atomic E-state index is 12.7. The van der Waals surface area contributed by atoms with Gasteiger partial charge in [-0.15, -0.1) is 0 Å². The van der Waals surface area contributed by atoms with Gasteiger partial charge in [-0.2, -0.15) is 5.10 Å². The van der Waals surface area contributed by atoms with E-state index in [1.54, 1.807) is 16.8 Å². The Balaban J connectivity index is 1.54. The van der Waals surface area contributed by atoms with Gasteiger partial charge < -0.3 is 10.4 Å². The highest BCUT2D eigenvalue weighted by Crippen LogP contribution is 2.34. The summed E-state index contributed by atoms with van der Waals surface area (Å²) in [5, 5.41) is 16.5. The Morgan fingerprint density at radius 2 is 2.04 bits per heavy atom. The molecule has 1 aliphatic rings. The maximum Gasteiger partial charge on any atom is 0.326 e. The molecule has 1 aliphatic carbocycles. The number of nitrogens with one attached hydrogen (secondary N) is 1. The van der Waals surface area contributed by atoms with Crippen LogP contribution in [0.25, 0.3) is 5.52 Å². The van der Waals surface area contributed by atoms with Crippen LogP contribution in [0.3, 0.4) is 0 Å². The number of carboxylic acids is 1. The molecule has 0 saturated carbocycles. The van der Waals surface area contributed by atoms with Gasteiger partial charge in [0.25, 0.3) is 5.91 Å². The van der Waals surface area contributed by atoms with Gasteiger partial charge in [0.1, 0.15) is 6.04 Å². The first-order chi connectivity index (χ1) is 13.1. The van der Waals surface area contributed by atoms with E-state index >= 15 is 0 Å². The second kappa shape index (κ2) is 7.23. The third kappa shape index (κ3) is 3.43. The third-order valence-corrected chi connectivity index (χ3v) is 5.29. The van der Waals surface area contributed by atoms with E-state index in [0.717, 1.165) is 19.3 Å². The van der Waals surface area contributed by atoms with E-state index in [0.29, 0.717) is 17.5 Å². The molecule has 2 aromatic heterocycles. The summed E-state index contributed by atoms with van der Waals surface area (Å²) in [6.45, 7) is 0. The summed E-state index contributed by atoms with van der Waals surface area (Å²) in [6, 6.07) is 12.7. The lowest BCUT2D eigenvalue weighted by Crippen LogP contribution is -2.42. The number of hydrogen-bond acceptors (Lipinski definition) is 3. The molecule has 2 unspecified atom stereocenters. The van der Waals surface area contributed by atoms with E-state index in [-0.39, 0.29) is 5.92 Å². The Kier molecular flexibility index (Phi) is 4.62. The number of carboxylic acid groups (broad SMARTS) is 1. The van der Waals surface area contributed by atoms with Crippen molar-refractivity contribution in [2.24, 2.45) is 0 Å². The van der Waals surface area contributed by atoms with Crippen molar-refractivity contribution in [1.29, 1.82) is 0 Å². The van der Waals surface area contributed by atoms with Crippen molar-refractivity contribution in [2.75, 3.05) is 0 Å². The fraction of sp³-hybridized carbons (Fsp3) is 0.286. The summed E-state index contributed by atoms with van der Waals surface area (Å²) in [5.41, 5.74) is 3.53. The molecule has 0 radical (unpaired) electrons. The number of aliphatic carboxylic acids is 1. The van der Waals surface area contributed by atoms with E-state index in [4.69, 9.17) is 0 Å². The first-order valence-electron chi connectivity index (χ1n) is 9.17. The fourth-order valence-electron chi connectivity index (χ4n) is 3.95. The van der Waals surface area contributed by atoms with Crippen LogP contribution in [-0.4, -0.2) is 32.6 Å². The van der Waals surface area contributed by atoms with E-state index < -0.39 is 17.9 Å². The molecular formula is C21H21N3O3. The van der Waals surface area contributed by atoms with Gasteiger partial charge in [-0.3, -0.25) is 4.79 Å². The summed E-state index contributed by atoms with van der Waals surface area (Å²) in [4.78, 5) is 24.5. The number of amides is 1. The predicted molar refractivity (Wildman–Crippen MR) is 101 cm³/mol. The first-order valence-corrected chi connectivity index (χ1v) is 9.17. The van der Waals surface area contributed by atoms with Crippen LogP contribution in [0.15, 0.2) is 54.9 Å². The lowest BCUT2D eigenvalue weighted by molar-refractivity contribution is -0.139. The molecule has 4 rings (SSSR count). The number of carbonyl (C=O) groups is 2. The molecule has 0 spiro atoms. The van der Waals surface area contributed by atoms with Gasteiger partial charge in [-0.25, -0.2) is 9.31 Å². The Labute approximate surface area is 156 Å². The molecule has 2 atom stereocenters. The van der Waals surface area contributed by atoms with Crippen LogP contribution in [0.2, 0.25) is 0 Å². The van der Waals surface area contributed by atoms with Crippen LogP contribution in [-0.2, 0) is 11.2 Å². The number of hydrogen-bond donors (Lipinski definition) is 2. The van der Waals surface area contributed by atoms with Gasteiger partial charge in [0.2, 0.25) is 0 Å². The molecule has 0 saturated heterocycles. The number of benzene rings is 1. The number of pyridine rings is 1. The molecule has 1 aromatic carbocycles. The van der Waals surface area contributed by atoms with Crippen molar-refractivity contribution in [3.63, 3.8) is 0 Å². The van der Waals surface area contributed by atoms with Crippen molar-refractivity contribution in [1.82, 2.24) is 14.9 Å². The van der Waals surface area contributed by atoms with Crippen LogP contribution >= 0.6 is 0 Å². The normalized spacial score (nSPS) is 17.3. The van der Waals surface area contributed by atoms with Crippen molar-refractivity contribution in [2.45, 2.75) is 37.6 Å². The second-order valence-corrected chi connectivity index (χ2v) is 6.98. The van der Waals surface area contributed by atoms with Gasteiger partial charge in [-0.05, 0) is 54.9 Å². The van der Waals surface area contributed by atoms with Crippen molar-refractivity contribution < 1.29 is 14.7 Å². The Bertz CT molecular complexity index is 995. The molecule has 138 valence electrons. The highest BCUT2D eigenvalue weighted by Gasteiger charge is 2.29. The van der Waals surface area contributed by atoms with E-state index in [1.165, 1.54) is 17.3 Å². The van der Waals surface area contributed by atoms with Crippen LogP contribution < -0.4 is 5.32 Å². The molecule has 1 amide bonds. The van der Waals surface area contributed by atoms with E-state index in [2.05, 4.69) is 22.5 Å². The van der Waals surface area contributed by atoms with Crippen LogP contribution in [0.4, 0.5) is 0 Å². The predicted octanol–water partition coefficient (Wildman–Crippen LogP) is 3.03. The van der Waals surface area contributed by atoms with Crippen LogP contribution in [0.5, 0.6) is 0 Å². The van der Waals surface area contributed by atoms with Gasteiger partial charge >= 0.3 is 5.97 Å². The number of rotatable bonds is 5. The van der Waals surface area contributed by atoms with Crippen molar-refractivity contribution in [3.05, 3.63) is 71.5 Å². The minimum Gasteiger partial charge on any atom is -0.480 e. The number of carbonyl (C=O) groups excluding carboxylic acids is 1. The Morgan fingerprint density at radius 3 is 2.89 bits per heavy atom. The van der Waals surface area contributed by atoms with Gasteiger partial charge in [0.15, 0.2) is 0 Å². The van der Waals surface area contributed by atoms with Crippen LogP contribution in [0.1, 0.15) is 46.7 Å². The molecule has 27 heavy (non-hydrogen) atoms. The molecular weight excluding hydrogens is 342 g/mol. The summed E-state index contributed by atoms with van der Waals surface area (Å²) >= 11 is 0. The van der Waals surface area contributed by atoms with E-state index in [1.807, 2.05) is 24.3 Å². The second-order valence-electron chi connectivity index (χ2n) is 6.98. The molecule has 6 nitrogen and oxygen atoms in total. The summed E-state index contributed by atoms with van der Waals surface area (Å²) < 4.78 is 1.60. The number of nitrogens with zero attached hydrogens (tertiary/aromatic N) is 2. The Hall–Kier alpha value is -3.15. The largest absolute Gasteiger partial charge is 0.480 e. The molecule has 6 heteroatoms. The average Bonchev–Trinajstić information content (AvgIpc) is 3.12. The summed E-state index contributed by atoms with van der Waals surface area (Å²) in [6.07, 6.45) is 6.61. The quantitative estimate of drug-likeness (QED) is 0.730. The summed E-state index contributed by atoms with van der Waals surface area (Å²) in [7, 11) is 0. The highest BCUT2D eigenvalue weighted by atomic mass is 16.4. The van der Waals surface area contributed by atoms with E-state index in [9.17, 15) is 14.7 Å². The lowest BCUT2D eigenvalue weighted by atomic mass is 9.79. The molecule has 2 heterocycles. The number of aromatic nitrogens is 2. The zero-order valence-corrected chi connectivity index (χ0v) is 14.8. The maximum atomic E-state index is 12.7. The van der Waals surface area contributed by atoms with Gasteiger partial charge in [0.05, 0.1) is 17.3 Å². The lowest BCUT2D eigenvalue weighted by Gasteiger charge is -2.28. The molecule has 0 bridgehead atoms. The third-order valence-electron chi connectivity index (χ3n) is 5.29. The standard InChI is InChI=1S/C21H21N3O3/c25-20(17-13-22-24-11-4-3-10-19(17)24)23-18(21(26)27)12-15-8-5-7-14-6-1-2-9-16(14)15/h1-4,6,9-11,13,15,18H,5,7-8,12H2,(H,23,25)(H,26,27). The highest BCUT2D eigenvalue weighted by molar-refractivity contribution is 6.02. The zero-order chi connectivity index (χ0) is 18.8. The van der Waals surface area contributed by atoms with Crippen molar-refractivity contribution in [3.8, 4) is 0 Å². The van der Waals surface area contributed by atoms with Crippen molar-refractivity contribution >= 4 is 17.4 Å². The SMILES string of the molecule is O=C(NC(CC1CCCc2ccccc21)C(=O)O)c1cnn2ccccc12. The zero-order valence-electron chi connectivity index (χ0n) is 14.8. The van der Waals surface area contributed by atoms with Gasteiger partial charge in [-0.1, -0.05) is 30.3 Å². The first kappa shape index (κ1) is 17.3. The summed E-state index contributed by atoms with van der Waals surface area (Å²) in [5.74, 6) is -1.28. The topological polar surface area (TPSA) is 83.7 Å². The number of aryl methyl sites for hydroxylation is 1. The molecule has 0 aliphatic heterocycles. The monoisotopic (exact) mass is 363 g/mol.